The predicted octanol–water partition coefficient (Wildman–Crippen LogP) is 5.07. The Morgan fingerprint density at radius 2 is 1.00 bits per heavy atom. The fourth-order valence-corrected chi connectivity index (χ4v) is 2.30. The SMILES string of the molecule is Fc1ccccc1C=NOCc1ccc(CON=Cc2ccccc2F)cc1. The molecule has 3 aromatic carbocycles. The van der Waals surface area contributed by atoms with Gasteiger partial charge in [0.25, 0.3) is 0 Å². The predicted molar refractivity (Wildman–Crippen MR) is 104 cm³/mol. The molecular formula is C22H18F2N2O2. The summed E-state index contributed by atoms with van der Waals surface area (Å²) in [6, 6.07) is 20.1. The second-order valence-electron chi connectivity index (χ2n) is 5.88. The summed E-state index contributed by atoms with van der Waals surface area (Å²) in [6.07, 6.45) is 2.68. The van der Waals surface area contributed by atoms with E-state index >= 15 is 0 Å². The van der Waals surface area contributed by atoms with Crippen molar-refractivity contribution in [2.45, 2.75) is 13.2 Å². The van der Waals surface area contributed by atoms with Crippen LogP contribution < -0.4 is 0 Å². The quantitative estimate of drug-likeness (QED) is 0.405. The van der Waals surface area contributed by atoms with Crippen LogP contribution >= 0.6 is 0 Å². The molecule has 3 aromatic rings. The first-order valence-electron chi connectivity index (χ1n) is 8.60. The van der Waals surface area contributed by atoms with Gasteiger partial charge in [0.2, 0.25) is 0 Å². The normalized spacial score (nSPS) is 11.2. The Morgan fingerprint density at radius 1 is 0.607 bits per heavy atom. The highest BCUT2D eigenvalue weighted by atomic mass is 19.1. The van der Waals surface area contributed by atoms with Crippen molar-refractivity contribution in [2.75, 3.05) is 0 Å². The molecule has 0 atom stereocenters. The van der Waals surface area contributed by atoms with Crippen LogP contribution in [0.4, 0.5) is 8.78 Å². The monoisotopic (exact) mass is 380 g/mol. The van der Waals surface area contributed by atoms with E-state index in [0.717, 1.165) is 11.1 Å². The summed E-state index contributed by atoms with van der Waals surface area (Å²) in [7, 11) is 0. The summed E-state index contributed by atoms with van der Waals surface area (Å²) < 4.78 is 26.9. The second kappa shape index (κ2) is 9.97. The van der Waals surface area contributed by atoms with Gasteiger partial charge >= 0.3 is 0 Å². The Bertz CT molecular complexity index is 878. The summed E-state index contributed by atoms with van der Waals surface area (Å²) in [5.41, 5.74) is 2.55. The van der Waals surface area contributed by atoms with Crippen LogP contribution in [0.15, 0.2) is 83.1 Å². The van der Waals surface area contributed by atoms with Gasteiger partial charge in [0.1, 0.15) is 24.8 Å². The minimum atomic E-state index is -0.350. The largest absolute Gasteiger partial charge is 0.391 e. The highest BCUT2D eigenvalue weighted by molar-refractivity contribution is 5.79. The van der Waals surface area contributed by atoms with Crippen LogP contribution in [0.25, 0.3) is 0 Å². The number of rotatable bonds is 8. The Labute approximate surface area is 161 Å². The minimum Gasteiger partial charge on any atom is -0.391 e. The van der Waals surface area contributed by atoms with E-state index in [9.17, 15) is 8.78 Å². The summed E-state index contributed by atoms with van der Waals surface area (Å²) in [6.45, 7) is 0.523. The lowest BCUT2D eigenvalue weighted by Crippen LogP contribution is -1.93. The van der Waals surface area contributed by atoms with Gasteiger partial charge in [0, 0.05) is 11.1 Å². The van der Waals surface area contributed by atoms with E-state index in [1.165, 1.54) is 24.6 Å². The maximum Gasteiger partial charge on any atom is 0.142 e. The van der Waals surface area contributed by atoms with Crippen LogP contribution in [-0.4, -0.2) is 12.4 Å². The Balaban J connectivity index is 1.43. The molecule has 3 rings (SSSR count). The van der Waals surface area contributed by atoms with Crippen molar-refractivity contribution in [2.24, 2.45) is 10.3 Å². The average Bonchev–Trinajstić information content (AvgIpc) is 2.72. The molecule has 0 N–H and O–H groups in total. The van der Waals surface area contributed by atoms with Crippen molar-refractivity contribution in [3.63, 3.8) is 0 Å². The molecule has 0 aliphatic heterocycles. The number of hydrogen-bond donors (Lipinski definition) is 0. The fraction of sp³-hybridized carbons (Fsp3) is 0.0909. The lowest BCUT2D eigenvalue weighted by atomic mass is 10.1. The molecule has 0 amide bonds. The lowest BCUT2D eigenvalue weighted by Gasteiger charge is -2.03. The molecule has 0 saturated heterocycles. The van der Waals surface area contributed by atoms with Crippen molar-refractivity contribution < 1.29 is 18.5 Å². The molecule has 28 heavy (non-hydrogen) atoms. The maximum absolute atomic E-state index is 13.4. The fourth-order valence-electron chi connectivity index (χ4n) is 2.30. The van der Waals surface area contributed by atoms with Crippen LogP contribution in [0.3, 0.4) is 0 Å². The zero-order valence-electron chi connectivity index (χ0n) is 15.0. The summed E-state index contributed by atoms with van der Waals surface area (Å²) in [5, 5.41) is 7.55. The third-order valence-corrected chi connectivity index (χ3v) is 3.83. The maximum atomic E-state index is 13.4. The van der Waals surface area contributed by atoms with Gasteiger partial charge in [0.05, 0.1) is 12.4 Å². The molecular weight excluding hydrogens is 362 g/mol. The molecule has 0 aliphatic rings. The van der Waals surface area contributed by atoms with Gasteiger partial charge in [-0.05, 0) is 23.3 Å². The van der Waals surface area contributed by atoms with Gasteiger partial charge in [-0.2, -0.15) is 0 Å². The number of hydrogen-bond acceptors (Lipinski definition) is 4. The van der Waals surface area contributed by atoms with Gasteiger partial charge in [-0.15, -0.1) is 0 Å². The topological polar surface area (TPSA) is 43.2 Å². The van der Waals surface area contributed by atoms with E-state index < -0.39 is 0 Å². The summed E-state index contributed by atoms with van der Waals surface area (Å²) >= 11 is 0. The molecule has 6 heteroatoms. The third kappa shape index (κ3) is 5.74. The van der Waals surface area contributed by atoms with Crippen LogP contribution in [0, 0.1) is 11.6 Å². The minimum absolute atomic E-state index is 0.261. The molecule has 4 nitrogen and oxygen atoms in total. The van der Waals surface area contributed by atoms with Gasteiger partial charge in [0.15, 0.2) is 0 Å². The van der Waals surface area contributed by atoms with Crippen molar-refractivity contribution in [3.05, 3.63) is 107 Å². The molecule has 142 valence electrons. The molecule has 0 fully saturated rings. The number of benzene rings is 3. The smallest absolute Gasteiger partial charge is 0.142 e. The Morgan fingerprint density at radius 3 is 1.39 bits per heavy atom. The molecule has 0 aromatic heterocycles. The van der Waals surface area contributed by atoms with Gasteiger partial charge in [-0.1, -0.05) is 71.0 Å². The van der Waals surface area contributed by atoms with E-state index in [4.69, 9.17) is 9.68 Å². The molecule has 0 spiro atoms. The summed E-state index contributed by atoms with van der Waals surface area (Å²) in [5.74, 6) is -0.700. The Kier molecular flexibility index (Phi) is 6.84. The average molecular weight is 380 g/mol. The number of nitrogens with zero attached hydrogens (tertiary/aromatic N) is 2. The first kappa shape index (κ1) is 19.2. The van der Waals surface area contributed by atoms with Crippen LogP contribution in [-0.2, 0) is 22.9 Å². The van der Waals surface area contributed by atoms with Crippen molar-refractivity contribution >= 4 is 12.4 Å². The van der Waals surface area contributed by atoms with E-state index in [1.54, 1.807) is 36.4 Å². The third-order valence-electron chi connectivity index (χ3n) is 3.83. The van der Waals surface area contributed by atoms with E-state index in [0.29, 0.717) is 11.1 Å². The zero-order valence-corrected chi connectivity index (χ0v) is 15.0. The standard InChI is InChI=1S/C22H18F2N2O2/c23-21-7-3-1-5-19(21)13-25-27-15-17-9-11-18(12-10-17)16-28-26-14-20-6-2-4-8-22(20)24/h1-14H,15-16H2. The Hall–Kier alpha value is -3.54. The molecule has 0 radical (unpaired) electrons. The second-order valence-corrected chi connectivity index (χ2v) is 5.88. The van der Waals surface area contributed by atoms with Crippen molar-refractivity contribution in [1.82, 2.24) is 0 Å². The summed E-state index contributed by atoms with van der Waals surface area (Å²) in [4.78, 5) is 10.4. The van der Waals surface area contributed by atoms with Crippen LogP contribution in [0.2, 0.25) is 0 Å². The van der Waals surface area contributed by atoms with Gasteiger partial charge in [-0.3, -0.25) is 0 Å². The van der Waals surface area contributed by atoms with E-state index in [2.05, 4.69) is 10.3 Å². The lowest BCUT2D eigenvalue weighted by molar-refractivity contribution is 0.130. The highest BCUT2D eigenvalue weighted by Gasteiger charge is 1.99. The molecule has 0 unspecified atom stereocenters. The number of halogens is 2. The highest BCUT2D eigenvalue weighted by Crippen LogP contribution is 2.09. The van der Waals surface area contributed by atoms with Gasteiger partial charge in [-0.25, -0.2) is 8.78 Å². The van der Waals surface area contributed by atoms with E-state index in [1.807, 2.05) is 24.3 Å². The first-order valence-corrected chi connectivity index (χ1v) is 8.60. The molecule has 0 saturated carbocycles. The zero-order chi connectivity index (χ0) is 19.6. The van der Waals surface area contributed by atoms with E-state index in [-0.39, 0.29) is 24.8 Å². The van der Waals surface area contributed by atoms with Crippen molar-refractivity contribution in [1.29, 1.82) is 0 Å². The first-order chi connectivity index (χ1) is 13.7. The van der Waals surface area contributed by atoms with Crippen molar-refractivity contribution in [3.8, 4) is 0 Å². The molecule has 0 aliphatic carbocycles. The molecule has 0 bridgehead atoms. The van der Waals surface area contributed by atoms with Crippen LogP contribution in [0.1, 0.15) is 22.3 Å². The van der Waals surface area contributed by atoms with Crippen LogP contribution in [0.5, 0.6) is 0 Å². The number of oxime groups is 2. The molecule has 0 heterocycles. The van der Waals surface area contributed by atoms with Gasteiger partial charge < -0.3 is 9.68 Å².